The van der Waals surface area contributed by atoms with Crippen LogP contribution in [0.3, 0.4) is 0 Å². The van der Waals surface area contributed by atoms with Crippen molar-refractivity contribution in [2.45, 2.75) is 64.7 Å². The second-order valence-electron chi connectivity index (χ2n) is 7.66. The number of hydrogen-bond donors (Lipinski definition) is 2. The average molecular weight is 406 g/mol. The first-order valence-electron chi connectivity index (χ1n) is 9.60. The van der Waals surface area contributed by atoms with Gasteiger partial charge in [0.05, 0.1) is 29.6 Å². The molecule has 0 saturated carbocycles. The van der Waals surface area contributed by atoms with Gasteiger partial charge in [-0.1, -0.05) is 31.2 Å². The molecule has 0 aliphatic heterocycles. The number of hydrogen-bond acceptors (Lipinski definition) is 4. The molecule has 5 nitrogen and oxygen atoms in total. The molecule has 0 radical (unpaired) electrons. The van der Waals surface area contributed by atoms with E-state index in [1.807, 2.05) is 13.8 Å². The molecule has 158 valence electrons. The molecule has 7 heteroatoms. The van der Waals surface area contributed by atoms with Gasteiger partial charge < -0.3 is 15.2 Å². The summed E-state index contributed by atoms with van der Waals surface area (Å²) < 4.78 is 34.8. The van der Waals surface area contributed by atoms with E-state index >= 15 is 0 Å². The van der Waals surface area contributed by atoms with E-state index in [0.29, 0.717) is 17.0 Å². The number of nitrogens with zero attached hydrogens (tertiary/aromatic N) is 1. The molecule has 0 unspecified atom stereocenters. The fourth-order valence-electron chi connectivity index (χ4n) is 2.61. The Morgan fingerprint density at radius 3 is 2.21 bits per heavy atom. The van der Waals surface area contributed by atoms with Crippen LogP contribution in [0.15, 0.2) is 42.6 Å². The highest BCUT2D eigenvalue weighted by Gasteiger charge is 2.41. The predicted molar refractivity (Wildman–Crippen MR) is 107 cm³/mol. The Hall–Kier alpha value is -2.54. The third kappa shape index (κ3) is 5.73. The van der Waals surface area contributed by atoms with Crippen molar-refractivity contribution in [2.24, 2.45) is 0 Å². The summed E-state index contributed by atoms with van der Waals surface area (Å²) in [6.45, 7) is 8.64. The monoisotopic (exact) mass is 406 g/mol. The van der Waals surface area contributed by atoms with E-state index in [2.05, 4.69) is 10.3 Å². The number of pyridine rings is 1. The Kier molecular flexibility index (Phi) is 6.95. The SMILES string of the molecule is CC[C@H](C)Oc1ccc([C@@H](C)NC(=O)C(F)(F)c2ccc(C(C)(C)O)cc2)nc1. The molecule has 0 spiro atoms. The summed E-state index contributed by atoms with van der Waals surface area (Å²) in [5.74, 6) is -4.55. The molecule has 0 bridgehead atoms. The lowest BCUT2D eigenvalue weighted by Crippen LogP contribution is -2.39. The van der Waals surface area contributed by atoms with Crippen molar-refractivity contribution in [1.82, 2.24) is 10.3 Å². The predicted octanol–water partition coefficient (Wildman–Crippen LogP) is 4.46. The van der Waals surface area contributed by atoms with Gasteiger partial charge >= 0.3 is 5.92 Å². The molecule has 1 aromatic carbocycles. The van der Waals surface area contributed by atoms with Crippen molar-refractivity contribution in [2.75, 3.05) is 0 Å². The molecule has 0 aliphatic rings. The largest absolute Gasteiger partial charge is 0.489 e. The van der Waals surface area contributed by atoms with E-state index < -0.39 is 29.0 Å². The Morgan fingerprint density at radius 1 is 1.14 bits per heavy atom. The van der Waals surface area contributed by atoms with Crippen LogP contribution in [0.2, 0.25) is 0 Å². The standard InChI is InChI=1S/C22H28F2N2O3/c1-6-14(2)29-18-11-12-19(25-13-18)15(3)26-20(27)22(23,24)17-9-7-16(8-10-17)21(4,5)28/h7-15,28H,6H2,1-5H3,(H,26,27)/t14-,15+/m0/s1. The van der Waals surface area contributed by atoms with Gasteiger partial charge in [-0.05, 0) is 51.8 Å². The normalized spacial score (nSPS) is 14.2. The molecule has 1 heterocycles. The van der Waals surface area contributed by atoms with Gasteiger partial charge in [-0.2, -0.15) is 8.78 Å². The number of carbonyl (C=O) groups excluding carboxylic acids is 1. The van der Waals surface area contributed by atoms with E-state index in [0.717, 1.165) is 18.6 Å². The number of nitrogens with one attached hydrogen (secondary N) is 1. The van der Waals surface area contributed by atoms with Gasteiger partial charge in [0.1, 0.15) is 5.75 Å². The van der Waals surface area contributed by atoms with Crippen molar-refractivity contribution in [1.29, 1.82) is 0 Å². The molecule has 1 amide bonds. The van der Waals surface area contributed by atoms with Crippen LogP contribution in [0.25, 0.3) is 0 Å². The van der Waals surface area contributed by atoms with Crippen LogP contribution in [0.5, 0.6) is 5.75 Å². The van der Waals surface area contributed by atoms with Gasteiger partial charge in [0.25, 0.3) is 5.91 Å². The van der Waals surface area contributed by atoms with Gasteiger partial charge in [-0.15, -0.1) is 0 Å². The van der Waals surface area contributed by atoms with Crippen LogP contribution in [0.1, 0.15) is 63.9 Å². The average Bonchev–Trinajstić information content (AvgIpc) is 2.67. The lowest BCUT2D eigenvalue weighted by Gasteiger charge is -2.22. The zero-order valence-electron chi connectivity index (χ0n) is 17.4. The summed E-state index contributed by atoms with van der Waals surface area (Å²) in [5, 5.41) is 12.2. The molecule has 2 rings (SSSR count). The van der Waals surface area contributed by atoms with Crippen molar-refractivity contribution >= 4 is 5.91 Å². The Morgan fingerprint density at radius 2 is 1.72 bits per heavy atom. The zero-order chi connectivity index (χ0) is 21.8. The third-order valence-electron chi connectivity index (χ3n) is 4.70. The third-order valence-corrected chi connectivity index (χ3v) is 4.70. The fourth-order valence-corrected chi connectivity index (χ4v) is 2.61. The van der Waals surface area contributed by atoms with E-state index in [1.54, 1.807) is 32.9 Å². The number of amides is 1. The molecule has 0 aliphatic carbocycles. The minimum Gasteiger partial charge on any atom is -0.489 e. The first-order chi connectivity index (χ1) is 13.4. The van der Waals surface area contributed by atoms with E-state index in [-0.39, 0.29) is 6.10 Å². The Balaban J connectivity index is 2.07. The summed E-state index contributed by atoms with van der Waals surface area (Å²) in [4.78, 5) is 16.4. The summed E-state index contributed by atoms with van der Waals surface area (Å²) in [6, 6.07) is 7.70. The molecule has 2 N–H and O–H groups in total. The highest BCUT2D eigenvalue weighted by atomic mass is 19.3. The maximum absolute atomic E-state index is 14.6. The van der Waals surface area contributed by atoms with Gasteiger partial charge in [-0.25, -0.2) is 0 Å². The van der Waals surface area contributed by atoms with Crippen LogP contribution < -0.4 is 10.1 Å². The van der Waals surface area contributed by atoms with Crippen LogP contribution in [-0.4, -0.2) is 22.1 Å². The quantitative estimate of drug-likeness (QED) is 0.679. The first-order valence-corrected chi connectivity index (χ1v) is 9.60. The lowest BCUT2D eigenvalue weighted by atomic mass is 9.96. The maximum Gasteiger partial charge on any atom is 0.349 e. The van der Waals surface area contributed by atoms with Gasteiger partial charge in [0.2, 0.25) is 0 Å². The zero-order valence-corrected chi connectivity index (χ0v) is 17.4. The summed E-state index contributed by atoms with van der Waals surface area (Å²) in [7, 11) is 0. The fraction of sp³-hybridized carbons (Fsp3) is 0.455. The minimum absolute atomic E-state index is 0.0428. The van der Waals surface area contributed by atoms with Crippen LogP contribution in [0, 0.1) is 0 Å². The molecule has 29 heavy (non-hydrogen) atoms. The van der Waals surface area contributed by atoms with Gasteiger partial charge in [0, 0.05) is 5.56 Å². The van der Waals surface area contributed by atoms with E-state index in [1.165, 1.54) is 18.3 Å². The molecular formula is C22H28F2N2O3. The summed E-state index contributed by atoms with van der Waals surface area (Å²) in [6.07, 6.45) is 2.40. The number of aliphatic hydroxyl groups is 1. The number of rotatable bonds is 8. The van der Waals surface area contributed by atoms with E-state index in [4.69, 9.17) is 4.74 Å². The smallest absolute Gasteiger partial charge is 0.349 e. The summed E-state index contributed by atoms with van der Waals surface area (Å²) >= 11 is 0. The van der Waals surface area contributed by atoms with Crippen molar-refractivity contribution in [3.05, 3.63) is 59.4 Å². The van der Waals surface area contributed by atoms with Crippen molar-refractivity contribution in [3.8, 4) is 5.75 Å². The van der Waals surface area contributed by atoms with Crippen LogP contribution in [-0.2, 0) is 16.3 Å². The highest BCUT2D eigenvalue weighted by Crippen LogP contribution is 2.31. The number of halogens is 2. The second kappa shape index (κ2) is 8.86. The topological polar surface area (TPSA) is 71.5 Å². The number of benzene rings is 1. The second-order valence-corrected chi connectivity index (χ2v) is 7.66. The number of carbonyl (C=O) groups is 1. The lowest BCUT2D eigenvalue weighted by molar-refractivity contribution is -0.147. The molecule has 2 atom stereocenters. The Bertz CT molecular complexity index is 815. The van der Waals surface area contributed by atoms with Crippen molar-refractivity contribution < 1.29 is 23.4 Å². The first kappa shape index (κ1) is 22.7. The number of aromatic nitrogens is 1. The van der Waals surface area contributed by atoms with E-state index in [9.17, 15) is 18.7 Å². The highest BCUT2D eigenvalue weighted by molar-refractivity contribution is 5.85. The van der Waals surface area contributed by atoms with Gasteiger partial charge in [0.15, 0.2) is 0 Å². The van der Waals surface area contributed by atoms with Crippen LogP contribution >= 0.6 is 0 Å². The maximum atomic E-state index is 14.6. The molecular weight excluding hydrogens is 378 g/mol. The molecule has 2 aromatic rings. The molecule has 1 aromatic heterocycles. The number of alkyl halides is 2. The summed E-state index contributed by atoms with van der Waals surface area (Å²) in [5.41, 5.74) is -0.667. The molecule has 0 saturated heterocycles. The Labute approximate surface area is 170 Å². The van der Waals surface area contributed by atoms with Gasteiger partial charge in [-0.3, -0.25) is 9.78 Å². The number of ether oxygens (including phenoxy) is 1. The van der Waals surface area contributed by atoms with Crippen molar-refractivity contribution in [3.63, 3.8) is 0 Å². The minimum atomic E-state index is -3.72. The van der Waals surface area contributed by atoms with Crippen LogP contribution in [0.4, 0.5) is 8.78 Å². The molecule has 0 fully saturated rings.